The number of hydrogen-bond donors (Lipinski definition) is 1. The molecular weight excluding hydrogens is 474 g/mol. The van der Waals surface area contributed by atoms with Crippen LogP contribution < -0.4 is 19.1 Å². The van der Waals surface area contributed by atoms with E-state index >= 15 is 0 Å². The predicted octanol–water partition coefficient (Wildman–Crippen LogP) is 4.14. The Morgan fingerprint density at radius 2 is 1.71 bits per heavy atom. The molecule has 0 aliphatic rings. The monoisotopic (exact) mass is 499 g/mol. The number of nitrogens with one attached hydrogen (secondary N) is 1. The molecule has 11 heteroatoms. The maximum absolute atomic E-state index is 13.5. The zero-order valence-corrected chi connectivity index (χ0v) is 20.2. The fourth-order valence-corrected chi connectivity index (χ4v) is 4.68. The first kappa shape index (κ1) is 25.5. The molecule has 0 heterocycles. The molecule has 0 saturated heterocycles. The Labute approximate surface area is 203 Å². The van der Waals surface area contributed by atoms with Crippen molar-refractivity contribution in [1.29, 1.82) is 0 Å². The van der Waals surface area contributed by atoms with E-state index < -0.39 is 27.4 Å². The van der Waals surface area contributed by atoms with Crippen LogP contribution in [0.15, 0.2) is 71.6 Å². The molecule has 0 aliphatic heterocycles. The number of aryl methyl sites for hydroxylation is 1. The van der Waals surface area contributed by atoms with E-state index in [2.05, 4.69) is 5.32 Å². The van der Waals surface area contributed by atoms with E-state index in [1.165, 1.54) is 43.5 Å². The maximum Gasteiger partial charge on any atom is 0.271 e. The van der Waals surface area contributed by atoms with Crippen molar-refractivity contribution in [1.82, 2.24) is 0 Å². The van der Waals surface area contributed by atoms with Crippen LogP contribution in [-0.4, -0.2) is 39.5 Å². The second-order valence-corrected chi connectivity index (χ2v) is 9.30. The highest BCUT2D eigenvalue weighted by Crippen LogP contribution is 2.30. The number of carbonyl (C=O) groups excluding carboxylic acids is 1. The van der Waals surface area contributed by atoms with Crippen LogP contribution in [0.1, 0.15) is 12.5 Å². The number of carbonyl (C=O) groups is 1. The van der Waals surface area contributed by atoms with Crippen LogP contribution >= 0.6 is 0 Å². The number of nitro benzene ring substituents is 1. The summed E-state index contributed by atoms with van der Waals surface area (Å²) in [5, 5.41) is 13.7. The molecule has 0 saturated carbocycles. The van der Waals surface area contributed by atoms with Crippen molar-refractivity contribution in [3.8, 4) is 11.5 Å². The van der Waals surface area contributed by atoms with Crippen molar-refractivity contribution < 1.29 is 27.6 Å². The van der Waals surface area contributed by atoms with Crippen LogP contribution in [0.2, 0.25) is 0 Å². The van der Waals surface area contributed by atoms with Gasteiger partial charge in [-0.15, -0.1) is 0 Å². The number of non-ortho nitro benzene ring substituents is 1. The number of anilines is 2. The quantitative estimate of drug-likeness (QED) is 0.328. The Hall–Kier alpha value is -4.12. The lowest BCUT2D eigenvalue weighted by atomic mass is 10.2. The van der Waals surface area contributed by atoms with Crippen LogP contribution in [0, 0.1) is 17.0 Å². The Bertz CT molecular complexity index is 1310. The predicted molar refractivity (Wildman–Crippen MR) is 132 cm³/mol. The lowest BCUT2D eigenvalue weighted by Gasteiger charge is -2.24. The van der Waals surface area contributed by atoms with Gasteiger partial charge in [0.25, 0.3) is 15.7 Å². The lowest BCUT2D eigenvalue weighted by Crippen LogP contribution is -2.38. The number of amides is 1. The van der Waals surface area contributed by atoms with Crippen molar-refractivity contribution in [2.45, 2.75) is 18.7 Å². The minimum absolute atomic E-state index is 0.0118. The molecule has 0 spiro atoms. The topological polar surface area (TPSA) is 128 Å². The SMILES string of the molecule is CCOc1ccc(N(CC(=O)Nc2cc([N+](=O)[O-])ccc2OC)S(=O)(=O)c2ccc(C)cc2)cc1. The minimum atomic E-state index is -4.13. The number of benzene rings is 3. The molecular formula is C24H25N3O7S. The number of nitrogens with zero attached hydrogens (tertiary/aromatic N) is 2. The molecule has 0 atom stereocenters. The zero-order valence-electron chi connectivity index (χ0n) is 19.4. The Morgan fingerprint density at radius 1 is 1.06 bits per heavy atom. The van der Waals surface area contributed by atoms with Gasteiger partial charge >= 0.3 is 0 Å². The molecule has 0 radical (unpaired) electrons. The van der Waals surface area contributed by atoms with Crippen molar-refractivity contribution in [3.05, 3.63) is 82.4 Å². The van der Waals surface area contributed by atoms with E-state index in [0.29, 0.717) is 12.4 Å². The number of sulfonamides is 1. The van der Waals surface area contributed by atoms with Gasteiger partial charge in [-0.1, -0.05) is 17.7 Å². The normalized spacial score (nSPS) is 10.9. The molecule has 0 bridgehead atoms. The van der Waals surface area contributed by atoms with Gasteiger partial charge in [0.1, 0.15) is 18.0 Å². The van der Waals surface area contributed by atoms with Gasteiger partial charge in [0.15, 0.2) is 0 Å². The smallest absolute Gasteiger partial charge is 0.271 e. The second-order valence-electron chi connectivity index (χ2n) is 7.44. The summed E-state index contributed by atoms with van der Waals surface area (Å²) in [6.07, 6.45) is 0. The van der Waals surface area contributed by atoms with Crippen LogP contribution in [0.5, 0.6) is 11.5 Å². The molecule has 3 rings (SSSR count). The molecule has 35 heavy (non-hydrogen) atoms. The molecule has 1 N–H and O–H groups in total. The third-order valence-electron chi connectivity index (χ3n) is 5.00. The van der Waals surface area contributed by atoms with Crippen LogP contribution in [-0.2, 0) is 14.8 Å². The van der Waals surface area contributed by atoms with Crippen LogP contribution in [0.4, 0.5) is 17.1 Å². The Kier molecular flexibility index (Phi) is 7.92. The molecule has 0 unspecified atom stereocenters. The van der Waals surface area contributed by atoms with Gasteiger partial charge in [0, 0.05) is 12.1 Å². The lowest BCUT2D eigenvalue weighted by molar-refractivity contribution is -0.384. The molecule has 3 aromatic rings. The summed E-state index contributed by atoms with van der Waals surface area (Å²) in [6, 6.07) is 16.3. The second kappa shape index (κ2) is 10.9. The number of hydrogen-bond acceptors (Lipinski definition) is 7. The summed E-state index contributed by atoms with van der Waals surface area (Å²) in [4.78, 5) is 23.5. The maximum atomic E-state index is 13.5. The fourth-order valence-electron chi connectivity index (χ4n) is 3.26. The Morgan fingerprint density at radius 3 is 2.29 bits per heavy atom. The minimum Gasteiger partial charge on any atom is -0.495 e. The van der Waals surface area contributed by atoms with E-state index in [4.69, 9.17) is 9.47 Å². The van der Waals surface area contributed by atoms with E-state index in [1.807, 2.05) is 13.8 Å². The van der Waals surface area contributed by atoms with Crippen molar-refractivity contribution in [3.63, 3.8) is 0 Å². The molecule has 0 aromatic heterocycles. The first-order valence-corrected chi connectivity index (χ1v) is 12.0. The van der Waals surface area contributed by atoms with Crippen molar-refractivity contribution in [2.75, 3.05) is 29.9 Å². The third kappa shape index (κ3) is 6.07. The molecule has 184 valence electrons. The Balaban J connectivity index is 1.97. The average molecular weight is 500 g/mol. The number of ether oxygens (including phenoxy) is 2. The molecule has 1 amide bonds. The van der Waals surface area contributed by atoms with Gasteiger partial charge in [-0.25, -0.2) is 8.42 Å². The first-order valence-electron chi connectivity index (χ1n) is 10.6. The van der Waals surface area contributed by atoms with Crippen LogP contribution in [0.25, 0.3) is 0 Å². The van der Waals surface area contributed by atoms with Gasteiger partial charge in [-0.2, -0.15) is 0 Å². The largest absolute Gasteiger partial charge is 0.495 e. The average Bonchev–Trinajstić information content (AvgIpc) is 2.83. The third-order valence-corrected chi connectivity index (χ3v) is 6.79. The van der Waals surface area contributed by atoms with Gasteiger partial charge < -0.3 is 14.8 Å². The van der Waals surface area contributed by atoms with Crippen molar-refractivity contribution in [2.24, 2.45) is 0 Å². The van der Waals surface area contributed by atoms with Crippen LogP contribution in [0.3, 0.4) is 0 Å². The van der Waals surface area contributed by atoms with E-state index in [9.17, 15) is 23.3 Å². The summed E-state index contributed by atoms with van der Waals surface area (Å²) < 4.78 is 38.6. The summed E-state index contributed by atoms with van der Waals surface area (Å²) in [6.45, 7) is 3.52. The molecule has 3 aromatic carbocycles. The highest BCUT2D eigenvalue weighted by atomic mass is 32.2. The summed E-state index contributed by atoms with van der Waals surface area (Å²) in [5.74, 6) is 0.0287. The molecule has 0 fully saturated rings. The fraction of sp³-hybridized carbons (Fsp3) is 0.208. The first-order chi connectivity index (χ1) is 16.6. The van der Waals surface area contributed by atoms with Crippen molar-refractivity contribution >= 4 is 33.0 Å². The summed E-state index contributed by atoms with van der Waals surface area (Å²) in [5.41, 5.74) is 0.921. The molecule has 0 aliphatic carbocycles. The number of rotatable bonds is 10. The van der Waals surface area contributed by atoms with E-state index in [-0.39, 0.29) is 27.7 Å². The van der Waals surface area contributed by atoms with Gasteiger partial charge in [-0.3, -0.25) is 19.2 Å². The van der Waals surface area contributed by atoms with Gasteiger partial charge in [-0.05, 0) is 56.3 Å². The van der Waals surface area contributed by atoms with Gasteiger partial charge in [0.05, 0.1) is 34.9 Å². The summed E-state index contributed by atoms with van der Waals surface area (Å²) in [7, 11) is -2.78. The van der Waals surface area contributed by atoms with Gasteiger partial charge in [0.2, 0.25) is 5.91 Å². The number of nitro groups is 1. The number of methoxy groups -OCH3 is 1. The highest BCUT2D eigenvalue weighted by molar-refractivity contribution is 7.92. The van der Waals surface area contributed by atoms with E-state index in [0.717, 1.165) is 15.9 Å². The zero-order chi connectivity index (χ0) is 25.6. The highest BCUT2D eigenvalue weighted by Gasteiger charge is 2.28. The van der Waals surface area contributed by atoms with E-state index in [1.54, 1.807) is 24.3 Å². The summed E-state index contributed by atoms with van der Waals surface area (Å²) >= 11 is 0. The molecule has 10 nitrogen and oxygen atoms in total. The standard InChI is InChI=1S/C24H25N3O7S/c1-4-34-20-10-7-18(8-11-20)26(35(31,32)21-12-5-17(2)6-13-21)16-24(28)25-22-15-19(27(29)30)9-14-23(22)33-3/h5-15H,4,16H2,1-3H3,(H,25,28).